The maximum Gasteiger partial charge on any atom is 0.349 e. The lowest BCUT2D eigenvalue weighted by molar-refractivity contribution is 0.0606. The van der Waals surface area contributed by atoms with E-state index in [1.165, 1.54) is 25.4 Å². The van der Waals surface area contributed by atoms with Gasteiger partial charge >= 0.3 is 5.97 Å². The van der Waals surface area contributed by atoms with Gasteiger partial charge in [0, 0.05) is 4.47 Å². The summed E-state index contributed by atoms with van der Waals surface area (Å²) in [6, 6.07) is 4.10. The third kappa shape index (κ3) is 3.20. The first-order valence-electron chi connectivity index (χ1n) is 5.32. The minimum absolute atomic E-state index is 0.108. The molecule has 0 unspecified atom stereocenters. The molecule has 0 radical (unpaired) electrons. The molecule has 0 atom stereocenters. The molecule has 0 saturated carbocycles. The molecule has 8 heteroatoms. The normalized spacial score (nSPS) is 10.2. The summed E-state index contributed by atoms with van der Waals surface area (Å²) in [4.78, 5) is 27.2. The van der Waals surface area contributed by atoms with Crippen LogP contribution in [0.4, 0.5) is 9.52 Å². The van der Waals surface area contributed by atoms with E-state index < -0.39 is 17.7 Å². The lowest BCUT2D eigenvalue weighted by Gasteiger charge is -2.03. The molecule has 0 aliphatic rings. The Hall–Kier alpha value is -1.80. The Morgan fingerprint density at radius 1 is 1.45 bits per heavy atom. The molecule has 2 aromatic rings. The highest BCUT2D eigenvalue weighted by molar-refractivity contribution is 9.10. The van der Waals surface area contributed by atoms with Crippen LogP contribution >= 0.6 is 27.3 Å². The van der Waals surface area contributed by atoms with Crippen LogP contribution in [0.3, 0.4) is 0 Å². The molecule has 1 heterocycles. The number of ether oxygens (including phenoxy) is 1. The van der Waals surface area contributed by atoms with Crippen molar-refractivity contribution in [2.24, 2.45) is 0 Å². The summed E-state index contributed by atoms with van der Waals surface area (Å²) in [5.41, 5.74) is -0.108. The molecule has 1 N–H and O–H groups in total. The fourth-order valence-corrected chi connectivity index (χ4v) is 2.43. The minimum Gasteiger partial charge on any atom is -0.465 e. The SMILES string of the molecule is COC(=O)c1cnc(NC(=O)c2ccc(Br)cc2F)s1. The predicted octanol–water partition coefficient (Wildman–Crippen LogP) is 3.08. The summed E-state index contributed by atoms with van der Waals surface area (Å²) in [6.07, 6.45) is 1.28. The summed E-state index contributed by atoms with van der Waals surface area (Å²) in [5.74, 6) is -1.83. The lowest BCUT2D eigenvalue weighted by Crippen LogP contribution is -2.13. The van der Waals surface area contributed by atoms with E-state index in [9.17, 15) is 14.0 Å². The molecule has 1 aromatic heterocycles. The highest BCUT2D eigenvalue weighted by Gasteiger charge is 2.16. The van der Waals surface area contributed by atoms with Crippen LogP contribution in [-0.4, -0.2) is 24.0 Å². The molecule has 0 aliphatic heterocycles. The molecule has 0 fully saturated rings. The minimum atomic E-state index is -0.651. The number of halogens is 2. The second-order valence-electron chi connectivity index (χ2n) is 3.60. The topological polar surface area (TPSA) is 68.3 Å². The number of carbonyl (C=O) groups excluding carboxylic acids is 2. The number of methoxy groups -OCH3 is 1. The number of thiazole rings is 1. The second kappa shape index (κ2) is 6.10. The number of aromatic nitrogens is 1. The molecule has 0 bridgehead atoms. The molecule has 20 heavy (non-hydrogen) atoms. The van der Waals surface area contributed by atoms with Gasteiger partial charge in [-0.3, -0.25) is 10.1 Å². The number of amides is 1. The summed E-state index contributed by atoms with van der Waals surface area (Å²) in [6.45, 7) is 0. The van der Waals surface area contributed by atoms with E-state index in [0.29, 0.717) is 4.47 Å². The lowest BCUT2D eigenvalue weighted by atomic mass is 10.2. The molecule has 5 nitrogen and oxygen atoms in total. The van der Waals surface area contributed by atoms with E-state index in [1.807, 2.05) is 0 Å². The van der Waals surface area contributed by atoms with Crippen LogP contribution in [0.25, 0.3) is 0 Å². The number of rotatable bonds is 3. The Bertz CT molecular complexity index is 674. The van der Waals surface area contributed by atoms with Gasteiger partial charge in [-0.1, -0.05) is 27.3 Å². The Morgan fingerprint density at radius 3 is 2.85 bits per heavy atom. The number of nitrogens with one attached hydrogen (secondary N) is 1. The van der Waals surface area contributed by atoms with Gasteiger partial charge in [-0.15, -0.1) is 0 Å². The van der Waals surface area contributed by atoms with Crippen molar-refractivity contribution in [1.82, 2.24) is 4.98 Å². The maximum atomic E-state index is 13.6. The Morgan fingerprint density at radius 2 is 2.20 bits per heavy atom. The monoisotopic (exact) mass is 358 g/mol. The van der Waals surface area contributed by atoms with E-state index in [2.05, 4.69) is 31.0 Å². The number of hydrogen-bond donors (Lipinski definition) is 1. The zero-order valence-electron chi connectivity index (χ0n) is 10.1. The summed E-state index contributed by atoms with van der Waals surface area (Å²) in [5, 5.41) is 2.62. The largest absolute Gasteiger partial charge is 0.465 e. The highest BCUT2D eigenvalue weighted by atomic mass is 79.9. The molecule has 0 aliphatic carbocycles. The summed E-state index contributed by atoms with van der Waals surface area (Å²) < 4.78 is 18.7. The predicted molar refractivity (Wildman–Crippen MR) is 75.5 cm³/mol. The van der Waals surface area contributed by atoms with E-state index in [1.54, 1.807) is 6.07 Å². The number of benzene rings is 1. The molecule has 1 amide bonds. The first-order valence-corrected chi connectivity index (χ1v) is 6.92. The fourth-order valence-electron chi connectivity index (χ4n) is 1.36. The molecule has 0 saturated heterocycles. The fraction of sp³-hybridized carbons (Fsp3) is 0.0833. The number of hydrogen-bond acceptors (Lipinski definition) is 5. The molecule has 104 valence electrons. The second-order valence-corrected chi connectivity index (χ2v) is 5.55. The Labute approximate surface area is 125 Å². The van der Waals surface area contributed by atoms with Gasteiger partial charge < -0.3 is 4.74 Å². The van der Waals surface area contributed by atoms with Crippen LogP contribution in [0, 0.1) is 5.82 Å². The zero-order valence-corrected chi connectivity index (χ0v) is 12.5. The van der Waals surface area contributed by atoms with Crippen molar-refractivity contribution in [2.45, 2.75) is 0 Å². The summed E-state index contributed by atoms with van der Waals surface area (Å²) in [7, 11) is 1.25. The summed E-state index contributed by atoms with van der Waals surface area (Å²) >= 11 is 4.05. The third-order valence-electron chi connectivity index (χ3n) is 2.29. The molecular weight excluding hydrogens is 351 g/mol. The smallest absolute Gasteiger partial charge is 0.349 e. The van der Waals surface area contributed by atoms with Crippen molar-refractivity contribution in [3.8, 4) is 0 Å². The van der Waals surface area contributed by atoms with Crippen LogP contribution in [0.5, 0.6) is 0 Å². The van der Waals surface area contributed by atoms with Crippen molar-refractivity contribution < 1.29 is 18.7 Å². The Kier molecular flexibility index (Phi) is 4.46. The standard InChI is InChI=1S/C12H8BrFN2O3S/c1-19-11(18)9-5-15-12(20-9)16-10(17)7-3-2-6(13)4-8(7)14/h2-5H,1H3,(H,15,16,17). The van der Waals surface area contributed by atoms with Gasteiger partial charge in [-0.2, -0.15) is 0 Å². The van der Waals surface area contributed by atoms with Crippen LogP contribution in [0.2, 0.25) is 0 Å². The van der Waals surface area contributed by atoms with Crippen LogP contribution in [0.1, 0.15) is 20.0 Å². The van der Waals surface area contributed by atoms with Gasteiger partial charge in [0.15, 0.2) is 5.13 Å². The van der Waals surface area contributed by atoms with Gasteiger partial charge in [0.05, 0.1) is 18.9 Å². The quantitative estimate of drug-likeness (QED) is 0.856. The number of anilines is 1. The third-order valence-corrected chi connectivity index (χ3v) is 3.67. The van der Waals surface area contributed by atoms with Gasteiger partial charge in [-0.25, -0.2) is 14.2 Å². The number of esters is 1. The molecular formula is C12H8BrFN2O3S. The van der Waals surface area contributed by atoms with E-state index >= 15 is 0 Å². The average Bonchev–Trinajstić information content (AvgIpc) is 2.86. The first-order chi connectivity index (χ1) is 9.51. The van der Waals surface area contributed by atoms with Gasteiger partial charge in [-0.05, 0) is 18.2 Å². The van der Waals surface area contributed by atoms with Crippen LogP contribution < -0.4 is 5.32 Å². The first kappa shape index (κ1) is 14.6. The zero-order chi connectivity index (χ0) is 14.7. The average molecular weight is 359 g/mol. The van der Waals surface area contributed by atoms with Crippen molar-refractivity contribution in [3.05, 3.63) is 45.1 Å². The van der Waals surface area contributed by atoms with Gasteiger partial charge in [0.25, 0.3) is 5.91 Å². The number of carbonyl (C=O) groups is 2. The van der Waals surface area contributed by atoms with Gasteiger partial charge in [0.2, 0.25) is 0 Å². The van der Waals surface area contributed by atoms with E-state index in [0.717, 1.165) is 11.3 Å². The molecule has 0 spiro atoms. The Balaban J connectivity index is 2.15. The van der Waals surface area contributed by atoms with Crippen LogP contribution in [-0.2, 0) is 4.74 Å². The maximum absolute atomic E-state index is 13.6. The highest BCUT2D eigenvalue weighted by Crippen LogP contribution is 2.21. The van der Waals surface area contributed by atoms with E-state index in [4.69, 9.17) is 0 Å². The number of nitrogens with zero attached hydrogens (tertiary/aromatic N) is 1. The molecule has 2 rings (SSSR count). The van der Waals surface area contributed by atoms with Crippen LogP contribution in [0.15, 0.2) is 28.9 Å². The van der Waals surface area contributed by atoms with Crippen molar-refractivity contribution in [3.63, 3.8) is 0 Å². The van der Waals surface area contributed by atoms with Crippen molar-refractivity contribution >= 4 is 44.3 Å². The van der Waals surface area contributed by atoms with E-state index in [-0.39, 0.29) is 15.6 Å². The molecule has 1 aromatic carbocycles. The van der Waals surface area contributed by atoms with Gasteiger partial charge in [0.1, 0.15) is 10.7 Å². The van der Waals surface area contributed by atoms with Crippen molar-refractivity contribution in [2.75, 3.05) is 12.4 Å². The van der Waals surface area contributed by atoms with Crippen molar-refractivity contribution in [1.29, 1.82) is 0 Å².